The number of rotatable bonds is 0. The minimum absolute atomic E-state index is 0.0208. The van der Waals surface area contributed by atoms with Crippen LogP contribution in [0.25, 0.3) is 11.0 Å². The van der Waals surface area contributed by atoms with E-state index in [-0.39, 0.29) is 22.1 Å². The van der Waals surface area contributed by atoms with Crippen LogP contribution in [0.1, 0.15) is 5.56 Å². The van der Waals surface area contributed by atoms with Crippen LogP contribution in [0.3, 0.4) is 0 Å². The van der Waals surface area contributed by atoms with E-state index in [9.17, 15) is 15.0 Å². The molecule has 0 spiro atoms. The van der Waals surface area contributed by atoms with Crippen molar-refractivity contribution in [3.8, 4) is 11.5 Å². The van der Waals surface area contributed by atoms with Crippen molar-refractivity contribution >= 4 is 22.6 Å². The summed E-state index contributed by atoms with van der Waals surface area (Å²) in [6, 6.07) is 2.48. The molecule has 5 heteroatoms. The highest BCUT2D eigenvalue weighted by atomic mass is 35.5. The van der Waals surface area contributed by atoms with Crippen molar-refractivity contribution in [2.75, 3.05) is 0 Å². The second-order valence-electron chi connectivity index (χ2n) is 3.17. The van der Waals surface area contributed by atoms with E-state index in [1.165, 1.54) is 12.1 Å². The molecule has 0 unspecified atom stereocenters. The Bertz CT molecular complexity index is 600. The number of hydrogen-bond donors (Lipinski definition) is 2. The fraction of sp³-hybridized carbons (Fsp3) is 0.100. The Morgan fingerprint density at radius 3 is 2.53 bits per heavy atom. The number of halogens is 1. The van der Waals surface area contributed by atoms with Crippen LogP contribution >= 0.6 is 11.6 Å². The Labute approximate surface area is 89.3 Å². The second-order valence-corrected chi connectivity index (χ2v) is 3.54. The van der Waals surface area contributed by atoms with Gasteiger partial charge in [0.25, 0.3) is 0 Å². The number of phenolic OH excluding ortho intramolecular Hbond substituents is 2. The fourth-order valence-corrected chi connectivity index (χ4v) is 1.49. The number of phenols is 2. The molecular formula is C10H7ClO4. The first kappa shape index (κ1) is 9.86. The highest BCUT2D eigenvalue weighted by Crippen LogP contribution is 2.32. The summed E-state index contributed by atoms with van der Waals surface area (Å²) in [5, 5.41) is 19.0. The van der Waals surface area contributed by atoms with Gasteiger partial charge in [0.05, 0.1) is 0 Å². The van der Waals surface area contributed by atoms with Crippen LogP contribution in [0.2, 0.25) is 5.02 Å². The number of fused-ring (bicyclic) bond motifs is 1. The zero-order valence-corrected chi connectivity index (χ0v) is 8.50. The molecule has 0 radical (unpaired) electrons. The van der Waals surface area contributed by atoms with Crippen LogP contribution in [0.15, 0.2) is 21.3 Å². The molecule has 0 aliphatic carbocycles. The number of aromatic hydroxyl groups is 2. The van der Waals surface area contributed by atoms with Gasteiger partial charge in [-0.1, -0.05) is 11.6 Å². The molecule has 0 amide bonds. The van der Waals surface area contributed by atoms with Crippen LogP contribution < -0.4 is 5.63 Å². The average Bonchev–Trinajstić information content (AvgIpc) is 2.19. The van der Waals surface area contributed by atoms with Crippen molar-refractivity contribution < 1.29 is 14.6 Å². The summed E-state index contributed by atoms with van der Waals surface area (Å²) in [5.41, 5.74) is 0.0437. The molecule has 0 aliphatic rings. The van der Waals surface area contributed by atoms with E-state index in [4.69, 9.17) is 16.0 Å². The van der Waals surface area contributed by atoms with Crippen molar-refractivity contribution in [2.24, 2.45) is 0 Å². The highest BCUT2D eigenvalue weighted by molar-refractivity contribution is 6.31. The summed E-state index contributed by atoms with van der Waals surface area (Å²) in [6.45, 7) is 1.64. The first-order chi connectivity index (χ1) is 7.00. The Morgan fingerprint density at radius 1 is 1.27 bits per heavy atom. The molecule has 1 aromatic heterocycles. The normalized spacial score (nSPS) is 10.8. The molecular weight excluding hydrogens is 220 g/mol. The van der Waals surface area contributed by atoms with Gasteiger partial charge < -0.3 is 14.6 Å². The zero-order chi connectivity index (χ0) is 11.2. The van der Waals surface area contributed by atoms with E-state index in [0.717, 1.165) is 0 Å². The minimum atomic E-state index is -0.660. The van der Waals surface area contributed by atoms with Crippen molar-refractivity contribution in [1.82, 2.24) is 0 Å². The van der Waals surface area contributed by atoms with Gasteiger partial charge in [0, 0.05) is 11.5 Å². The standard InChI is InChI=1S/C10H7ClO4/c1-4-5-2-6(12)7(13)3-8(5)15-10(14)9(4)11/h2-3,12-13H,1H3. The van der Waals surface area contributed by atoms with Crippen LogP contribution in [-0.2, 0) is 0 Å². The Morgan fingerprint density at radius 2 is 1.87 bits per heavy atom. The third kappa shape index (κ3) is 1.43. The summed E-state index contributed by atoms with van der Waals surface area (Å²) in [6.07, 6.45) is 0. The lowest BCUT2D eigenvalue weighted by Gasteiger charge is -2.04. The van der Waals surface area contributed by atoms with E-state index in [2.05, 4.69) is 0 Å². The predicted molar refractivity (Wildman–Crippen MR) is 55.6 cm³/mol. The van der Waals surface area contributed by atoms with Crippen LogP contribution in [0.5, 0.6) is 11.5 Å². The largest absolute Gasteiger partial charge is 0.504 e. The Balaban J connectivity index is 3.00. The summed E-state index contributed by atoms with van der Waals surface area (Å²) >= 11 is 5.70. The predicted octanol–water partition coefficient (Wildman–Crippen LogP) is 2.17. The SMILES string of the molecule is Cc1c(Cl)c(=O)oc2cc(O)c(O)cc12. The molecule has 2 aromatic rings. The minimum Gasteiger partial charge on any atom is -0.504 e. The number of benzene rings is 1. The molecule has 0 bridgehead atoms. The lowest BCUT2D eigenvalue weighted by molar-refractivity contribution is 0.403. The van der Waals surface area contributed by atoms with Gasteiger partial charge in [-0.15, -0.1) is 0 Å². The van der Waals surface area contributed by atoms with E-state index < -0.39 is 5.63 Å². The summed E-state index contributed by atoms with van der Waals surface area (Å²) < 4.78 is 4.85. The van der Waals surface area contributed by atoms with Crippen molar-refractivity contribution in [3.05, 3.63) is 33.1 Å². The van der Waals surface area contributed by atoms with Gasteiger partial charge in [0.15, 0.2) is 11.5 Å². The molecule has 0 saturated heterocycles. The highest BCUT2D eigenvalue weighted by Gasteiger charge is 2.11. The number of hydrogen-bond acceptors (Lipinski definition) is 4. The topological polar surface area (TPSA) is 70.7 Å². The summed E-state index contributed by atoms with van der Waals surface area (Å²) in [4.78, 5) is 11.2. The first-order valence-electron chi connectivity index (χ1n) is 4.15. The molecule has 0 atom stereocenters. The van der Waals surface area contributed by atoms with Crippen molar-refractivity contribution in [1.29, 1.82) is 0 Å². The fourth-order valence-electron chi connectivity index (χ4n) is 1.35. The molecule has 78 valence electrons. The van der Waals surface area contributed by atoms with Crippen LogP contribution in [0.4, 0.5) is 0 Å². The maximum absolute atomic E-state index is 11.2. The van der Waals surface area contributed by atoms with E-state index in [1.807, 2.05) is 0 Å². The smallest absolute Gasteiger partial charge is 0.355 e. The van der Waals surface area contributed by atoms with Gasteiger partial charge in [-0.25, -0.2) is 4.79 Å². The number of aryl methyl sites for hydroxylation is 1. The molecule has 0 aliphatic heterocycles. The second kappa shape index (κ2) is 3.17. The van der Waals surface area contributed by atoms with Crippen molar-refractivity contribution in [2.45, 2.75) is 6.92 Å². The molecule has 0 saturated carbocycles. The quantitative estimate of drug-likeness (QED) is 0.534. The average molecular weight is 227 g/mol. The molecule has 15 heavy (non-hydrogen) atoms. The van der Waals surface area contributed by atoms with Gasteiger partial charge in [-0.3, -0.25) is 0 Å². The lowest BCUT2D eigenvalue weighted by Crippen LogP contribution is -2.01. The molecule has 2 rings (SSSR count). The summed E-state index contributed by atoms with van der Waals surface area (Å²) in [5.74, 6) is -0.622. The molecule has 2 N–H and O–H groups in total. The zero-order valence-electron chi connectivity index (χ0n) is 7.74. The van der Waals surface area contributed by atoms with Crippen LogP contribution in [-0.4, -0.2) is 10.2 Å². The molecule has 4 nitrogen and oxygen atoms in total. The van der Waals surface area contributed by atoms with Gasteiger partial charge in [-0.05, 0) is 18.6 Å². The van der Waals surface area contributed by atoms with Gasteiger partial charge in [0.1, 0.15) is 10.6 Å². The van der Waals surface area contributed by atoms with Gasteiger partial charge in [-0.2, -0.15) is 0 Å². The van der Waals surface area contributed by atoms with Gasteiger partial charge in [0.2, 0.25) is 0 Å². The Kier molecular flexibility index (Phi) is 2.08. The van der Waals surface area contributed by atoms with Crippen molar-refractivity contribution in [3.63, 3.8) is 0 Å². The Hall–Kier alpha value is -1.68. The van der Waals surface area contributed by atoms with Gasteiger partial charge >= 0.3 is 5.63 Å². The molecule has 1 heterocycles. The monoisotopic (exact) mass is 226 g/mol. The van der Waals surface area contributed by atoms with E-state index in [1.54, 1.807) is 6.92 Å². The molecule has 0 fully saturated rings. The van der Waals surface area contributed by atoms with E-state index in [0.29, 0.717) is 10.9 Å². The third-order valence-electron chi connectivity index (χ3n) is 2.19. The van der Waals surface area contributed by atoms with E-state index >= 15 is 0 Å². The maximum Gasteiger partial charge on any atom is 0.355 e. The first-order valence-corrected chi connectivity index (χ1v) is 4.53. The van der Waals surface area contributed by atoms with Crippen LogP contribution in [0, 0.1) is 6.92 Å². The third-order valence-corrected chi connectivity index (χ3v) is 2.63. The maximum atomic E-state index is 11.2. The summed E-state index contributed by atoms with van der Waals surface area (Å²) in [7, 11) is 0. The molecule has 1 aromatic carbocycles. The lowest BCUT2D eigenvalue weighted by atomic mass is 10.1.